The molecule has 1 N–H and O–H groups in total. The van der Waals surface area contributed by atoms with Gasteiger partial charge in [0.25, 0.3) is 0 Å². The Balaban J connectivity index is 2.83. The number of H-pyrrole nitrogens is 1. The normalized spacial score (nSPS) is 10.9. The van der Waals surface area contributed by atoms with Crippen molar-refractivity contribution in [2.24, 2.45) is 0 Å². The number of aromatic amines is 1. The van der Waals surface area contributed by atoms with E-state index in [9.17, 15) is 0 Å². The van der Waals surface area contributed by atoms with Crippen molar-refractivity contribution >= 4 is 45.1 Å². The van der Waals surface area contributed by atoms with Crippen molar-refractivity contribution in [3.8, 4) is 0 Å². The number of nitrogens with one attached hydrogen (secondary N) is 1. The molecule has 0 spiro atoms. The van der Waals surface area contributed by atoms with E-state index in [1.807, 2.05) is 13.0 Å². The van der Waals surface area contributed by atoms with Crippen molar-refractivity contribution in [2.75, 3.05) is 0 Å². The number of aryl methyl sites for hydroxylation is 1. The molecule has 1 nitrogen and oxygen atoms in total. The van der Waals surface area contributed by atoms with Crippen LogP contribution in [0, 0.1) is 10.5 Å². The van der Waals surface area contributed by atoms with E-state index >= 15 is 0 Å². The molecule has 2 rings (SSSR count). The molecule has 12 heavy (non-hydrogen) atoms. The molecule has 0 aliphatic rings. The van der Waals surface area contributed by atoms with Gasteiger partial charge < -0.3 is 4.98 Å². The Morgan fingerprint density at radius 3 is 2.83 bits per heavy atom. The number of aromatic nitrogens is 1. The van der Waals surface area contributed by atoms with E-state index in [-0.39, 0.29) is 0 Å². The van der Waals surface area contributed by atoms with Crippen LogP contribution in [-0.2, 0) is 0 Å². The summed E-state index contributed by atoms with van der Waals surface area (Å²) < 4.78 is 1.09. The van der Waals surface area contributed by atoms with Crippen LogP contribution in [0.1, 0.15) is 5.69 Å². The Morgan fingerprint density at radius 1 is 1.33 bits per heavy atom. The quantitative estimate of drug-likeness (QED) is 0.712. The highest BCUT2D eigenvalue weighted by atomic mass is 127. The van der Waals surface area contributed by atoms with Crippen molar-refractivity contribution in [2.45, 2.75) is 6.92 Å². The number of rotatable bonds is 0. The molecule has 0 unspecified atom stereocenters. The van der Waals surface area contributed by atoms with Crippen LogP contribution in [-0.4, -0.2) is 4.98 Å². The summed E-state index contributed by atoms with van der Waals surface area (Å²) in [5.41, 5.74) is 2.32. The standard InChI is InChI=1S/C9H7ClIN/c1-5-2-6-3-7(10)8(11)4-9(6)12-5/h2-4,12H,1H3. The maximum atomic E-state index is 5.98. The van der Waals surface area contributed by atoms with Crippen LogP contribution >= 0.6 is 34.2 Å². The molecule has 0 saturated heterocycles. The average molecular weight is 292 g/mol. The van der Waals surface area contributed by atoms with Gasteiger partial charge in [-0.1, -0.05) is 11.6 Å². The summed E-state index contributed by atoms with van der Waals surface area (Å²) in [5.74, 6) is 0. The molecule has 0 aliphatic heterocycles. The number of hydrogen-bond donors (Lipinski definition) is 1. The average Bonchev–Trinajstić information content (AvgIpc) is 2.30. The second-order valence-corrected chi connectivity index (χ2v) is 4.38. The summed E-state index contributed by atoms with van der Waals surface area (Å²) in [5, 5.41) is 2.00. The smallest absolute Gasteiger partial charge is 0.0546 e. The van der Waals surface area contributed by atoms with Gasteiger partial charge in [-0.2, -0.15) is 0 Å². The first-order valence-corrected chi connectivity index (χ1v) is 5.07. The Bertz CT molecular complexity index is 394. The van der Waals surface area contributed by atoms with Crippen LogP contribution < -0.4 is 0 Å². The Labute approximate surface area is 89.3 Å². The predicted octanol–water partition coefficient (Wildman–Crippen LogP) is 3.73. The summed E-state index contributed by atoms with van der Waals surface area (Å²) in [7, 11) is 0. The van der Waals surface area contributed by atoms with E-state index in [1.54, 1.807) is 0 Å². The molecule has 1 aromatic carbocycles. The van der Waals surface area contributed by atoms with E-state index in [0.29, 0.717) is 0 Å². The van der Waals surface area contributed by atoms with Crippen LogP contribution in [0.25, 0.3) is 10.9 Å². The fraction of sp³-hybridized carbons (Fsp3) is 0.111. The molecule has 3 heteroatoms. The first-order valence-electron chi connectivity index (χ1n) is 3.61. The third-order valence-electron chi connectivity index (χ3n) is 1.80. The van der Waals surface area contributed by atoms with Gasteiger partial charge in [0.15, 0.2) is 0 Å². The van der Waals surface area contributed by atoms with Crippen LogP contribution in [0.4, 0.5) is 0 Å². The highest BCUT2D eigenvalue weighted by molar-refractivity contribution is 14.1. The summed E-state index contributed by atoms with van der Waals surface area (Å²) in [6, 6.07) is 6.14. The minimum absolute atomic E-state index is 0.821. The van der Waals surface area contributed by atoms with Crippen molar-refractivity contribution < 1.29 is 0 Å². The lowest BCUT2D eigenvalue weighted by molar-refractivity contribution is 1.30. The molecule has 0 bridgehead atoms. The maximum absolute atomic E-state index is 5.98. The number of hydrogen-bond acceptors (Lipinski definition) is 0. The highest BCUT2D eigenvalue weighted by Crippen LogP contribution is 2.25. The molecule has 62 valence electrons. The molecule has 0 atom stereocenters. The fourth-order valence-corrected chi connectivity index (χ4v) is 1.91. The summed E-state index contributed by atoms with van der Waals surface area (Å²) in [6.07, 6.45) is 0. The zero-order valence-corrected chi connectivity index (χ0v) is 9.40. The number of benzene rings is 1. The van der Waals surface area contributed by atoms with Crippen molar-refractivity contribution in [3.63, 3.8) is 0 Å². The van der Waals surface area contributed by atoms with Crippen LogP contribution in [0.15, 0.2) is 18.2 Å². The lowest BCUT2D eigenvalue weighted by Crippen LogP contribution is -1.74. The van der Waals surface area contributed by atoms with E-state index in [4.69, 9.17) is 11.6 Å². The van der Waals surface area contributed by atoms with Crippen molar-refractivity contribution in [1.29, 1.82) is 0 Å². The lowest BCUT2D eigenvalue weighted by atomic mass is 10.2. The second kappa shape index (κ2) is 2.92. The SMILES string of the molecule is Cc1cc2cc(Cl)c(I)cc2[nH]1. The van der Waals surface area contributed by atoms with Crippen LogP contribution in [0.3, 0.4) is 0 Å². The van der Waals surface area contributed by atoms with Gasteiger partial charge >= 0.3 is 0 Å². The Morgan fingerprint density at radius 2 is 2.08 bits per heavy atom. The van der Waals surface area contributed by atoms with Gasteiger partial charge in [0.1, 0.15) is 0 Å². The second-order valence-electron chi connectivity index (χ2n) is 2.81. The summed E-state index contributed by atoms with van der Waals surface area (Å²) in [6.45, 7) is 2.04. The van der Waals surface area contributed by atoms with Gasteiger partial charge in [-0.05, 0) is 47.7 Å². The van der Waals surface area contributed by atoms with Gasteiger partial charge in [-0.15, -0.1) is 0 Å². The van der Waals surface area contributed by atoms with E-state index < -0.39 is 0 Å². The molecule has 2 aromatic rings. The molecule has 0 fully saturated rings. The summed E-state index contributed by atoms with van der Waals surface area (Å²) >= 11 is 8.21. The minimum atomic E-state index is 0.821. The first kappa shape index (κ1) is 8.38. The van der Waals surface area contributed by atoms with Crippen LogP contribution in [0.5, 0.6) is 0 Å². The molecule has 1 heterocycles. The largest absolute Gasteiger partial charge is 0.359 e. The zero-order chi connectivity index (χ0) is 8.72. The fourth-order valence-electron chi connectivity index (χ4n) is 1.27. The topological polar surface area (TPSA) is 15.8 Å². The van der Waals surface area contributed by atoms with Crippen LogP contribution in [0.2, 0.25) is 5.02 Å². The lowest BCUT2D eigenvalue weighted by Gasteiger charge is -1.94. The van der Waals surface area contributed by atoms with Gasteiger partial charge in [0, 0.05) is 20.2 Å². The number of halogens is 2. The summed E-state index contributed by atoms with van der Waals surface area (Å²) in [4.78, 5) is 3.26. The first-order chi connectivity index (χ1) is 5.66. The maximum Gasteiger partial charge on any atom is 0.0546 e. The molecule has 0 saturated carbocycles. The van der Waals surface area contributed by atoms with E-state index in [0.717, 1.165) is 14.1 Å². The zero-order valence-electron chi connectivity index (χ0n) is 6.49. The third-order valence-corrected chi connectivity index (χ3v) is 3.32. The van der Waals surface area contributed by atoms with Gasteiger partial charge in [0.05, 0.1) is 5.02 Å². The van der Waals surface area contributed by atoms with Crippen molar-refractivity contribution in [3.05, 3.63) is 32.5 Å². The van der Waals surface area contributed by atoms with E-state index in [1.165, 1.54) is 11.1 Å². The van der Waals surface area contributed by atoms with Gasteiger partial charge in [-0.25, -0.2) is 0 Å². The van der Waals surface area contributed by atoms with E-state index in [2.05, 4.69) is 39.7 Å². The van der Waals surface area contributed by atoms with Crippen molar-refractivity contribution in [1.82, 2.24) is 4.98 Å². The Kier molecular flexibility index (Phi) is 2.04. The molecule has 0 aliphatic carbocycles. The molecule has 0 radical (unpaired) electrons. The monoisotopic (exact) mass is 291 g/mol. The number of fused-ring (bicyclic) bond motifs is 1. The highest BCUT2D eigenvalue weighted by Gasteiger charge is 2.01. The molecule has 0 amide bonds. The third kappa shape index (κ3) is 1.33. The minimum Gasteiger partial charge on any atom is -0.359 e. The predicted molar refractivity (Wildman–Crippen MR) is 60.8 cm³/mol. The Hall–Kier alpha value is -0.220. The molecular weight excluding hydrogens is 284 g/mol. The van der Waals surface area contributed by atoms with Gasteiger partial charge in [0.2, 0.25) is 0 Å². The molecule has 1 aromatic heterocycles. The van der Waals surface area contributed by atoms with Gasteiger partial charge in [-0.3, -0.25) is 0 Å². The molecular formula is C9H7ClIN.